The zero-order valence-corrected chi connectivity index (χ0v) is 22.4. The van der Waals surface area contributed by atoms with E-state index in [1.165, 1.54) is 25.7 Å². The number of carboxylic acid groups (broad SMARTS) is 1. The van der Waals surface area contributed by atoms with Gasteiger partial charge >= 0.3 is 29.6 Å². The maximum Gasteiger partial charge on any atom is 1.00 e. The summed E-state index contributed by atoms with van der Waals surface area (Å²) in [5.74, 6) is -0.269. The number of carbonyl (C=O) groups is 1. The summed E-state index contributed by atoms with van der Waals surface area (Å²) >= 11 is 0. The molecule has 6 nitrogen and oxygen atoms in total. The summed E-state index contributed by atoms with van der Waals surface area (Å²) in [6, 6.07) is 9.73. The van der Waals surface area contributed by atoms with Crippen molar-refractivity contribution in [1.82, 2.24) is 4.90 Å². The van der Waals surface area contributed by atoms with E-state index in [0.717, 1.165) is 52.0 Å². The Labute approximate surface area is 220 Å². The van der Waals surface area contributed by atoms with Gasteiger partial charge < -0.3 is 24.1 Å². The largest absolute Gasteiger partial charge is 1.00 e. The summed E-state index contributed by atoms with van der Waals surface area (Å²) in [5, 5.41) is 11.9. The molecule has 33 heavy (non-hydrogen) atoms. The van der Waals surface area contributed by atoms with Gasteiger partial charge in [-0.1, -0.05) is 31.0 Å². The van der Waals surface area contributed by atoms with E-state index in [9.17, 15) is 9.90 Å². The number of benzene rings is 1. The Kier molecular flexibility index (Phi) is 10.5. The van der Waals surface area contributed by atoms with E-state index in [4.69, 9.17) is 14.2 Å². The summed E-state index contributed by atoms with van der Waals surface area (Å²) < 4.78 is 18.1. The topological polar surface area (TPSA) is 71.1 Å². The van der Waals surface area contributed by atoms with Gasteiger partial charge in [-0.15, -0.1) is 0 Å². The predicted molar refractivity (Wildman–Crippen MR) is 120 cm³/mol. The molecule has 0 N–H and O–H groups in total. The van der Waals surface area contributed by atoms with Gasteiger partial charge in [-0.3, -0.25) is 4.90 Å². The molecule has 3 fully saturated rings. The Hall–Kier alpha value is -0.630. The first-order valence-corrected chi connectivity index (χ1v) is 12.5. The van der Waals surface area contributed by atoms with Crippen molar-refractivity contribution >= 4 is 5.97 Å². The number of nitrogens with zero attached hydrogens (tertiary/aromatic N) is 1. The van der Waals surface area contributed by atoms with Gasteiger partial charge in [0.1, 0.15) is 11.4 Å². The first kappa shape index (κ1) is 27.0. The van der Waals surface area contributed by atoms with E-state index in [2.05, 4.69) is 4.90 Å². The van der Waals surface area contributed by atoms with Crippen molar-refractivity contribution in [2.24, 2.45) is 5.92 Å². The third kappa shape index (κ3) is 7.42. The fraction of sp³-hybridized carbons (Fsp3) is 0.731. The van der Waals surface area contributed by atoms with Crippen LogP contribution in [0.1, 0.15) is 64.7 Å². The summed E-state index contributed by atoms with van der Waals surface area (Å²) in [6.07, 6.45) is 10.1. The first-order valence-electron chi connectivity index (χ1n) is 12.5. The molecule has 7 heteroatoms. The molecule has 1 aromatic carbocycles. The molecule has 1 heterocycles. The third-order valence-electron chi connectivity index (χ3n) is 7.57. The van der Waals surface area contributed by atoms with Crippen LogP contribution < -0.4 is 39.4 Å². The van der Waals surface area contributed by atoms with Gasteiger partial charge in [0.05, 0.1) is 31.4 Å². The molecule has 0 radical (unpaired) electrons. The fourth-order valence-electron chi connectivity index (χ4n) is 5.76. The summed E-state index contributed by atoms with van der Waals surface area (Å²) in [6.45, 7) is 5.25. The molecule has 3 aliphatic rings. The van der Waals surface area contributed by atoms with Crippen molar-refractivity contribution in [3.8, 4) is 5.75 Å². The standard InChI is InChI=1S/C26H39NO5.Na/c1-26(25(28)29,32-22-7-3-2-4-8-22)19-20-11-13-21(14-12-20)30-17-15-27-16-18-31-24-10-6-5-9-23(24)27;/h2-4,7-8,20-21,23-24H,5-6,9-19H2,1H3,(H,28,29);/q;+1/p-1. The molecule has 0 aromatic heterocycles. The maximum absolute atomic E-state index is 11.9. The smallest absolute Gasteiger partial charge is 0.546 e. The molecule has 2 aliphatic carbocycles. The number of hydrogen-bond acceptors (Lipinski definition) is 6. The van der Waals surface area contributed by atoms with E-state index in [1.807, 2.05) is 18.2 Å². The number of ether oxygens (including phenoxy) is 3. The van der Waals surface area contributed by atoms with Crippen molar-refractivity contribution in [2.45, 2.75) is 88.6 Å². The number of aliphatic carboxylic acids is 1. The fourth-order valence-corrected chi connectivity index (χ4v) is 5.76. The van der Waals surface area contributed by atoms with Crippen molar-refractivity contribution in [1.29, 1.82) is 0 Å². The Morgan fingerprint density at radius 1 is 1.12 bits per heavy atom. The van der Waals surface area contributed by atoms with E-state index >= 15 is 0 Å². The maximum atomic E-state index is 11.9. The predicted octanol–water partition coefficient (Wildman–Crippen LogP) is 0.187. The number of morpholine rings is 1. The molecule has 178 valence electrons. The summed E-state index contributed by atoms with van der Waals surface area (Å²) in [7, 11) is 0. The zero-order chi connectivity index (χ0) is 22.4. The number of carboxylic acids is 1. The van der Waals surface area contributed by atoms with Crippen LogP contribution in [-0.2, 0) is 14.3 Å². The normalized spacial score (nSPS) is 29.8. The Bertz CT molecular complexity index is 725. The minimum Gasteiger partial charge on any atom is -0.546 e. The van der Waals surface area contributed by atoms with Gasteiger partial charge in [-0.05, 0) is 69.9 Å². The van der Waals surface area contributed by atoms with Crippen LogP contribution in [0.5, 0.6) is 5.75 Å². The van der Waals surface area contributed by atoms with Crippen molar-refractivity contribution in [3.63, 3.8) is 0 Å². The van der Waals surface area contributed by atoms with Gasteiger partial charge in [0.2, 0.25) is 0 Å². The molecule has 1 saturated heterocycles. The van der Waals surface area contributed by atoms with Crippen LogP contribution in [0, 0.1) is 5.92 Å². The second-order valence-electron chi connectivity index (χ2n) is 9.95. The number of carbonyl (C=O) groups excluding carboxylic acids is 1. The van der Waals surface area contributed by atoms with Crippen LogP contribution in [0.3, 0.4) is 0 Å². The van der Waals surface area contributed by atoms with Gasteiger partial charge in [-0.2, -0.15) is 0 Å². The van der Waals surface area contributed by atoms with E-state index < -0.39 is 11.6 Å². The van der Waals surface area contributed by atoms with Crippen molar-refractivity contribution in [2.75, 3.05) is 26.3 Å². The number of rotatable bonds is 9. The SMILES string of the molecule is CC(CC1CCC(OCCN2CCOC3CCCCC32)CC1)(Oc1ccccc1)C(=O)[O-].[Na+]. The van der Waals surface area contributed by atoms with Crippen molar-refractivity contribution in [3.05, 3.63) is 30.3 Å². The van der Waals surface area contributed by atoms with E-state index in [0.29, 0.717) is 30.2 Å². The quantitative estimate of drug-likeness (QED) is 0.483. The van der Waals surface area contributed by atoms with Gasteiger partial charge in [-0.25, -0.2) is 0 Å². The second kappa shape index (κ2) is 12.9. The van der Waals surface area contributed by atoms with Crippen LogP contribution >= 0.6 is 0 Å². The summed E-state index contributed by atoms with van der Waals surface area (Å²) in [5.41, 5.74) is -1.31. The Morgan fingerprint density at radius 3 is 2.58 bits per heavy atom. The van der Waals surface area contributed by atoms with Crippen LogP contribution in [0.2, 0.25) is 0 Å². The molecule has 0 spiro atoms. The van der Waals surface area contributed by atoms with Crippen LogP contribution in [0.4, 0.5) is 0 Å². The molecule has 0 amide bonds. The average Bonchev–Trinajstić information content (AvgIpc) is 2.81. The van der Waals surface area contributed by atoms with E-state index in [1.54, 1.807) is 19.1 Å². The Balaban J connectivity index is 0.00000306. The number of hydrogen-bond donors (Lipinski definition) is 0. The molecular weight excluding hydrogens is 429 g/mol. The molecule has 1 aliphatic heterocycles. The van der Waals surface area contributed by atoms with Gasteiger partial charge in [0.25, 0.3) is 0 Å². The monoisotopic (exact) mass is 467 g/mol. The first-order chi connectivity index (χ1) is 15.5. The molecule has 3 atom stereocenters. The Morgan fingerprint density at radius 2 is 1.85 bits per heavy atom. The molecule has 0 bridgehead atoms. The molecular formula is C26H38NNaO5. The van der Waals surface area contributed by atoms with Crippen molar-refractivity contribution < 1.29 is 53.7 Å². The zero-order valence-electron chi connectivity index (χ0n) is 20.4. The van der Waals surface area contributed by atoms with Crippen LogP contribution in [-0.4, -0.2) is 61.0 Å². The molecule has 2 saturated carbocycles. The summed E-state index contributed by atoms with van der Waals surface area (Å²) in [4.78, 5) is 14.5. The number of para-hydroxylation sites is 1. The molecule has 3 unspecified atom stereocenters. The third-order valence-corrected chi connectivity index (χ3v) is 7.57. The van der Waals surface area contributed by atoms with Crippen LogP contribution in [0.15, 0.2) is 30.3 Å². The average molecular weight is 468 g/mol. The minimum atomic E-state index is -1.31. The number of fused-ring (bicyclic) bond motifs is 1. The van der Waals surface area contributed by atoms with Gasteiger partial charge in [0, 0.05) is 19.1 Å². The second-order valence-corrected chi connectivity index (χ2v) is 9.95. The molecule has 1 aromatic rings. The molecule has 4 rings (SSSR count). The minimum absolute atomic E-state index is 0. The van der Waals surface area contributed by atoms with E-state index in [-0.39, 0.29) is 35.7 Å². The van der Waals surface area contributed by atoms with Gasteiger partial charge in [0.15, 0.2) is 0 Å². The van der Waals surface area contributed by atoms with Crippen LogP contribution in [0.25, 0.3) is 0 Å².